The van der Waals surface area contributed by atoms with E-state index in [0.29, 0.717) is 41.9 Å². The van der Waals surface area contributed by atoms with Gasteiger partial charge in [-0.25, -0.2) is 4.98 Å². The molecule has 0 aliphatic rings. The maximum Gasteiger partial charge on any atom is 0.433 e. The summed E-state index contributed by atoms with van der Waals surface area (Å²) < 4.78 is 45.9. The topological polar surface area (TPSA) is 89.3 Å². The first kappa shape index (κ1) is 22.5. The number of benzene rings is 1. The number of halogens is 3. The van der Waals surface area contributed by atoms with Gasteiger partial charge in [0, 0.05) is 24.2 Å². The predicted octanol–water partition coefficient (Wildman–Crippen LogP) is 4.26. The summed E-state index contributed by atoms with van der Waals surface area (Å²) in [5.41, 5.74) is -1.44. The van der Waals surface area contributed by atoms with E-state index in [1.54, 1.807) is 43.8 Å². The third-order valence-electron chi connectivity index (χ3n) is 4.43. The van der Waals surface area contributed by atoms with Crippen LogP contribution >= 0.6 is 0 Å². The fraction of sp³-hybridized carbons (Fsp3) is 0.381. The lowest BCUT2D eigenvalue weighted by molar-refractivity contribution is -0.141. The van der Waals surface area contributed by atoms with Crippen molar-refractivity contribution in [3.8, 4) is 5.75 Å². The van der Waals surface area contributed by atoms with Gasteiger partial charge >= 0.3 is 6.18 Å². The molecule has 0 unspecified atom stereocenters. The Bertz CT molecular complexity index is 1090. The zero-order chi connectivity index (χ0) is 22.8. The van der Waals surface area contributed by atoms with Gasteiger partial charge in [0.2, 0.25) is 0 Å². The third kappa shape index (κ3) is 5.72. The molecule has 166 valence electrons. The van der Waals surface area contributed by atoms with Crippen LogP contribution in [0.5, 0.6) is 5.75 Å². The number of hydrogen-bond donors (Lipinski definition) is 2. The highest BCUT2D eigenvalue weighted by molar-refractivity contribution is 6.05. The molecule has 1 amide bonds. The van der Waals surface area contributed by atoms with Gasteiger partial charge in [0.05, 0.1) is 23.4 Å². The molecule has 31 heavy (non-hydrogen) atoms. The average molecular weight is 436 g/mol. The first-order valence-electron chi connectivity index (χ1n) is 9.68. The fourth-order valence-corrected chi connectivity index (χ4v) is 2.88. The van der Waals surface area contributed by atoms with Crippen molar-refractivity contribution < 1.29 is 27.8 Å². The average Bonchev–Trinajstić information content (AvgIpc) is 3.07. The molecule has 10 heteroatoms. The molecule has 1 aromatic carbocycles. The minimum Gasteiger partial charge on any atom is -0.492 e. The molecule has 0 radical (unpaired) electrons. The molecule has 0 bridgehead atoms. The van der Waals surface area contributed by atoms with Crippen LogP contribution in [-0.4, -0.2) is 38.0 Å². The summed E-state index contributed by atoms with van der Waals surface area (Å²) in [4.78, 5) is 16.0. The number of hydrogen-bond acceptors (Lipinski definition) is 5. The summed E-state index contributed by atoms with van der Waals surface area (Å²) in [6.07, 6.45) is -2.40. The number of carbonyl (C=O) groups excluding carboxylic acids is 1. The van der Waals surface area contributed by atoms with Gasteiger partial charge in [0.25, 0.3) is 5.91 Å². The molecule has 0 fully saturated rings. The van der Waals surface area contributed by atoms with Gasteiger partial charge in [-0.05, 0) is 45.4 Å². The number of rotatable bonds is 7. The second-order valence-corrected chi connectivity index (χ2v) is 7.65. The number of aromatic nitrogens is 3. The number of carbonyl (C=O) groups is 1. The van der Waals surface area contributed by atoms with Crippen LogP contribution in [0, 0.1) is 0 Å². The van der Waals surface area contributed by atoms with Gasteiger partial charge in [-0.15, -0.1) is 0 Å². The number of ether oxygens (including phenoxy) is 1. The van der Waals surface area contributed by atoms with Crippen LogP contribution in [0.1, 0.15) is 43.4 Å². The summed E-state index contributed by atoms with van der Waals surface area (Å²) in [6, 6.07) is 6.42. The van der Waals surface area contributed by atoms with E-state index < -0.39 is 23.4 Å². The molecule has 7 nitrogen and oxygen atoms in total. The Kier molecular flexibility index (Phi) is 6.21. The summed E-state index contributed by atoms with van der Waals surface area (Å²) in [5.74, 6) is -0.455. The summed E-state index contributed by atoms with van der Waals surface area (Å²) in [7, 11) is 0. The molecule has 2 heterocycles. The van der Waals surface area contributed by atoms with Gasteiger partial charge < -0.3 is 15.2 Å². The van der Waals surface area contributed by atoms with Gasteiger partial charge in [-0.2, -0.15) is 18.3 Å². The number of anilines is 1. The van der Waals surface area contributed by atoms with Crippen LogP contribution in [0.4, 0.5) is 18.9 Å². The molecule has 0 saturated carbocycles. The normalized spacial score (nSPS) is 12.2. The third-order valence-corrected chi connectivity index (χ3v) is 4.43. The zero-order valence-corrected chi connectivity index (χ0v) is 17.3. The van der Waals surface area contributed by atoms with Crippen molar-refractivity contribution in [2.75, 3.05) is 11.9 Å². The highest BCUT2D eigenvalue weighted by Gasteiger charge is 2.33. The quantitative estimate of drug-likeness (QED) is 0.578. The lowest BCUT2D eigenvalue weighted by atomic mass is 10.1. The lowest BCUT2D eigenvalue weighted by Crippen LogP contribution is -2.21. The second kappa shape index (κ2) is 8.54. The molecule has 3 rings (SSSR count). The van der Waals surface area contributed by atoms with E-state index >= 15 is 0 Å². The first-order chi connectivity index (χ1) is 14.5. The molecule has 0 aliphatic carbocycles. The Morgan fingerprint density at radius 2 is 2.00 bits per heavy atom. The summed E-state index contributed by atoms with van der Waals surface area (Å²) in [6.45, 7) is 5.98. The number of pyridine rings is 1. The van der Waals surface area contributed by atoms with Gasteiger partial charge in [-0.3, -0.25) is 9.48 Å². The Hall–Kier alpha value is -3.14. The minimum atomic E-state index is -4.65. The summed E-state index contributed by atoms with van der Waals surface area (Å²) in [5, 5.41) is 17.6. The summed E-state index contributed by atoms with van der Waals surface area (Å²) >= 11 is 0. The van der Waals surface area contributed by atoms with Gasteiger partial charge in [-0.1, -0.05) is 6.07 Å². The maximum absolute atomic E-state index is 12.9. The van der Waals surface area contributed by atoms with Crippen molar-refractivity contribution >= 4 is 22.5 Å². The van der Waals surface area contributed by atoms with Crippen LogP contribution in [0.3, 0.4) is 0 Å². The fourth-order valence-electron chi connectivity index (χ4n) is 2.88. The monoisotopic (exact) mass is 436 g/mol. The maximum atomic E-state index is 12.9. The van der Waals surface area contributed by atoms with Crippen molar-refractivity contribution in [2.24, 2.45) is 0 Å². The second-order valence-electron chi connectivity index (χ2n) is 7.65. The molecule has 0 aliphatic heterocycles. The van der Waals surface area contributed by atoms with E-state index in [9.17, 15) is 23.1 Å². The Balaban J connectivity index is 1.89. The number of fused-ring (bicyclic) bond motifs is 1. The number of amides is 1. The number of alkyl halides is 3. The van der Waals surface area contributed by atoms with Crippen LogP contribution < -0.4 is 10.1 Å². The number of aryl methyl sites for hydroxylation is 1. The van der Waals surface area contributed by atoms with E-state index in [0.717, 1.165) is 12.1 Å². The lowest BCUT2D eigenvalue weighted by Gasteiger charge is -2.16. The largest absolute Gasteiger partial charge is 0.492 e. The van der Waals surface area contributed by atoms with Crippen LogP contribution in [0.25, 0.3) is 10.9 Å². The van der Waals surface area contributed by atoms with Crippen molar-refractivity contribution in [1.29, 1.82) is 0 Å². The number of nitrogens with one attached hydrogen (secondary N) is 1. The standard InChI is InChI=1S/C21H23F3N4O3/c1-4-31-17-11-15-13(12-28(27-15)9-8-20(2,3)30)10-16(17)26-19(29)14-6-5-7-18(25-14)21(22,23)24/h5-7,10-12,30H,4,8-9H2,1-3H3,(H,26,29). The molecule has 0 spiro atoms. The van der Waals surface area contributed by atoms with E-state index in [1.807, 2.05) is 0 Å². The van der Waals surface area contributed by atoms with Crippen molar-refractivity contribution in [3.63, 3.8) is 0 Å². The minimum absolute atomic E-state index is 0.292. The van der Waals surface area contributed by atoms with Crippen LogP contribution in [0.2, 0.25) is 0 Å². The molecule has 3 aromatic rings. The van der Waals surface area contributed by atoms with E-state index in [-0.39, 0.29) is 5.69 Å². The van der Waals surface area contributed by atoms with Gasteiger partial charge in [0.1, 0.15) is 17.1 Å². The number of aliphatic hydroxyl groups is 1. The molecule has 2 N–H and O–H groups in total. The van der Waals surface area contributed by atoms with Crippen molar-refractivity contribution in [1.82, 2.24) is 14.8 Å². The van der Waals surface area contributed by atoms with Crippen LogP contribution in [-0.2, 0) is 12.7 Å². The molecular weight excluding hydrogens is 413 g/mol. The SMILES string of the molecule is CCOc1cc2nn(CCC(C)(C)O)cc2cc1NC(=O)c1cccc(C(F)(F)F)n1. The Labute approximate surface area is 176 Å². The molecule has 0 saturated heterocycles. The van der Waals surface area contributed by atoms with E-state index in [4.69, 9.17) is 4.74 Å². The molecule has 0 atom stereocenters. The Morgan fingerprint density at radius 1 is 1.26 bits per heavy atom. The zero-order valence-electron chi connectivity index (χ0n) is 17.3. The first-order valence-corrected chi connectivity index (χ1v) is 9.68. The van der Waals surface area contributed by atoms with Crippen molar-refractivity contribution in [3.05, 3.63) is 47.9 Å². The predicted molar refractivity (Wildman–Crippen MR) is 109 cm³/mol. The van der Waals surface area contributed by atoms with E-state index in [1.165, 1.54) is 6.07 Å². The Morgan fingerprint density at radius 3 is 2.65 bits per heavy atom. The number of nitrogens with zero attached hydrogens (tertiary/aromatic N) is 3. The van der Waals surface area contributed by atoms with Crippen molar-refractivity contribution in [2.45, 2.75) is 45.5 Å². The highest BCUT2D eigenvalue weighted by Crippen LogP contribution is 2.31. The van der Waals surface area contributed by atoms with Gasteiger partial charge in [0.15, 0.2) is 0 Å². The smallest absolute Gasteiger partial charge is 0.433 e. The van der Waals surface area contributed by atoms with E-state index in [2.05, 4.69) is 15.4 Å². The highest BCUT2D eigenvalue weighted by atomic mass is 19.4. The molecule has 2 aromatic heterocycles. The van der Waals surface area contributed by atoms with Crippen LogP contribution in [0.15, 0.2) is 36.5 Å². The molecular formula is C21H23F3N4O3.